The van der Waals surface area contributed by atoms with Gasteiger partial charge in [-0.3, -0.25) is 0 Å². The number of hydrogen-bond acceptors (Lipinski definition) is 3. The number of aromatic nitrogens is 3. The molecule has 1 aromatic rings. The number of hydrogen-bond donors (Lipinski definition) is 1. The quantitative estimate of drug-likeness (QED) is 0.853. The Balaban J connectivity index is 1.94. The maximum atomic E-state index is 5.77. The fourth-order valence-corrected chi connectivity index (χ4v) is 2.57. The van der Waals surface area contributed by atoms with E-state index in [9.17, 15) is 0 Å². The number of nitrogens with zero attached hydrogens (tertiary/aromatic N) is 3. The van der Waals surface area contributed by atoms with Crippen molar-refractivity contribution in [2.75, 3.05) is 0 Å². The monoisotopic (exact) mass is 236 g/mol. The molecule has 0 bridgehead atoms. The summed E-state index contributed by atoms with van der Waals surface area (Å²) in [5.74, 6) is 2.88. The highest BCUT2D eigenvalue weighted by molar-refractivity contribution is 5.03. The largest absolute Gasteiger partial charge is 0.328 e. The van der Waals surface area contributed by atoms with Crippen LogP contribution in [0.3, 0.4) is 0 Å². The standard InChI is InChI=1S/C13H24N4/c1-10(6-5-7-11(2)14)13-16-15-12-8-3-4-9-17(12)13/h10-11H,3-9,14H2,1-2H3. The number of aryl methyl sites for hydroxylation is 1. The van der Waals surface area contributed by atoms with Crippen molar-refractivity contribution in [3.8, 4) is 0 Å². The lowest BCUT2D eigenvalue weighted by Gasteiger charge is -2.18. The summed E-state index contributed by atoms with van der Waals surface area (Å²) in [6.07, 6.45) is 7.08. The zero-order valence-corrected chi connectivity index (χ0v) is 11.0. The second-order valence-corrected chi connectivity index (χ2v) is 5.39. The van der Waals surface area contributed by atoms with Gasteiger partial charge in [-0.15, -0.1) is 10.2 Å². The summed E-state index contributed by atoms with van der Waals surface area (Å²) in [6, 6.07) is 0.314. The Hall–Kier alpha value is -0.900. The lowest BCUT2D eigenvalue weighted by atomic mass is 10.0. The Kier molecular flexibility index (Phi) is 4.15. The van der Waals surface area contributed by atoms with E-state index in [4.69, 9.17) is 5.73 Å². The van der Waals surface area contributed by atoms with Crippen LogP contribution < -0.4 is 5.73 Å². The maximum Gasteiger partial charge on any atom is 0.135 e. The summed E-state index contributed by atoms with van der Waals surface area (Å²) in [6.45, 7) is 5.44. The second kappa shape index (κ2) is 5.63. The maximum absolute atomic E-state index is 5.77. The average Bonchev–Trinajstić information content (AvgIpc) is 2.72. The van der Waals surface area contributed by atoms with Crippen molar-refractivity contribution >= 4 is 0 Å². The molecule has 17 heavy (non-hydrogen) atoms. The first-order valence-electron chi connectivity index (χ1n) is 6.86. The third-order valence-electron chi connectivity index (χ3n) is 3.63. The van der Waals surface area contributed by atoms with Crippen LogP contribution in [0.15, 0.2) is 0 Å². The van der Waals surface area contributed by atoms with Gasteiger partial charge >= 0.3 is 0 Å². The van der Waals surface area contributed by atoms with Crippen LogP contribution in [0.4, 0.5) is 0 Å². The third kappa shape index (κ3) is 3.06. The molecule has 1 aliphatic heterocycles. The molecule has 0 fully saturated rings. The van der Waals surface area contributed by atoms with Crippen LogP contribution in [-0.2, 0) is 13.0 Å². The van der Waals surface area contributed by atoms with Crippen LogP contribution in [0.2, 0.25) is 0 Å². The van der Waals surface area contributed by atoms with Crippen LogP contribution in [0, 0.1) is 0 Å². The van der Waals surface area contributed by atoms with Crippen LogP contribution in [-0.4, -0.2) is 20.8 Å². The molecule has 2 heterocycles. The van der Waals surface area contributed by atoms with Crippen molar-refractivity contribution in [2.24, 2.45) is 5.73 Å². The third-order valence-corrected chi connectivity index (χ3v) is 3.63. The first-order valence-corrected chi connectivity index (χ1v) is 6.86. The molecular formula is C13H24N4. The minimum Gasteiger partial charge on any atom is -0.328 e. The highest BCUT2D eigenvalue weighted by Crippen LogP contribution is 2.24. The van der Waals surface area contributed by atoms with Crippen molar-refractivity contribution < 1.29 is 0 Å². The molecule has 0 amide bonds. The van der Waals surface area contributed by atoms with Gasteiger partial charge in [-0.1, -0.05) is 13.3 Å². The van der Waals surface area contributed by atoms with Crippen molar-refractivity contribution in [3.63, 3.8) is 0 Å². The summed E-state index contributed by atoms with van der Waals surface area (Å²) in [5.41, 5.74) is 5.77. The molecule has 0 saturated heterocycles. The Bertz CT molecular complexity index is 356. The Labute approximate surface area is 104 Å². The van der Waals surface area contributed by atoms with Gasteiger partial charge in [-0.05, 0) is 32.6 Å². The highest BCUT2D eigenvalue weighted by atomic mass is 15.3. The molecule has 4 heteroatoms. The molecule has 0 radical (unpaired) electrons. The van der Waals surface area contributed by atoms with Gasteiger partial charge in [0.1, 0.15) is 11.6 Å². The molecule has 2 unspecified atom stereocenters. The van der Waals surface area contributed by atoms with E-state index in [1.165, 1.54) is 37.3 Å². The van der Waals surface area contributed by atoms with Crippen molar-refractivity contribution in [1.29, 1.82) is 0 Å². The second-order valence-electron chi connectivity index (χ2n) is 5.39. The van der Waals surface area contributed by atoms with Gasteiger partial charge in [-0.25, -0.2) is 0 Å². The SMILES string of the molecule is CC(N)CCCC(C)c1nnc2n1CCCC2. The Morgan fingerprint density at radius 2 is 2.06 bits per heavy atom. The first-order chi connectivity index (χ1) is 8.18. The minimum atomic E-state index is 0.314. The number of rotatable bonds is 5. The van der Waals surface area contributed by atoms with E-state index in [0.717, 1.165) is 19.4 Å². The molecule has 0 spiro atoms. The van der Waals surface area contributed by atoms with Crippen molar-refractivity contribution in [2.45, 2.75) is 70.9 Å². The van der Waals surface area contributed by atoms with Gasteiger partial charge in [-0.2, -0.15) is 0 Å². The van der Waals surface area contributed by atoms with Gasteiger partial charge in [0.2, 0.25) is 0 Å². The molecule has 1 aliphatic rings. The Morgan fingerprint density at radius 3 is 2.82 bits per heavy atom. The van der Waals surface area contributed by atoms with E-state index >= 15 is 0 Å². The molecular weight excluding hydrogens is 212 g/mol. The van der Waals surface area contributed by atoms with Gasteiger partial charge in [0.15, 0.2) is 0 Å². The molecule has 0 saturated carbocycles. The van der Waals surface area contributed by atoms with E-state index < -0.39 is 0 Å². The van der Waals surface area contributed by atoms with Crippen molar-refractivity contribution in [3.05, 3.63) is 11.6 Å². The predicted molar refractivity (Wildman–Crippen MR) is 68.9 cm³/mol. The molecule has 0 aromatic carbocycles. The number of fused-ring (bicyclic) bond motifs is 1. The van der Waals surface area contributed by atoms with Gasteiger partial charge < -0.3 is 10.3 Å². The molecule has 2 rings (SSSR count). The smallest absolute Gasteiger partial charge is 0.135 e. The molecule has 1 aromatic heterocycles. The predicted octanol–water partition coefficient (Wildman–Crippen LogP) is 2.24. The van der Waals surface area contributed by atoms with E-state index in [-0.39, 0.29) is 0 Å². The van der Waals surface area contributed by atoms with Crippen LogP contribution >= 0.6 is 0 Å². The zero-order valence-electron chi connectivity index (χ0n) is 11.0. The summed E-state index contributed by atoms with van der Waals surface area (Å²) in [5, 5.41) is 8.69. The minimum absolute atomic E-state index is 0.314. The van der Waals surface area contributed by atoms with Gasteiger partial charge in [0.05, 0.1) is 0 Å². The normalized spacial score (nSPS) is 18.8. The van der Waals surface area contributed by atoms with Crippen molar-refractivity contribution in [1.82, 2.24) is 14.8 Å². The zero-order chi connectivity index (χ0) is 12.3. The average molecular weight is 236 g/mol. The van der Waals surface area contributed by atoms with Gasteiger partial charge in [0, 0.05) is 24.9 Å². The van der Waals surface area contributed by atoms with Gasteiger partial charge in [0.25, 0.3) is 0 Å². The fourth-order valence-electron chi connectivity index (χ4n) is 2.57. The van der Waals surface area contributed by atoms with Crippen LogP contribution in [0.1, 0.15) is 63.5 Å². The highest BCUT2D eigenvalue weighted by Gasteiger charge is 2.19. The topological polar surface area (TPSA) is 56.7 Å². The summed E-state index contributed by atoms with van der Waals surface area (Å²) in [7, 11) is 0. The molecule has 96 valence electrons. The molecule has 4 nitrogen and oxygen atoms in total. The summed E-state index contributed by atoms with van der Waals surface area (Å²) >= 11 is 0. The number of nitrogens with two attached hydrogens (primary N) is 1. The Morgan fingerprint density at radius 1 is 1.24 bits per heavy atom. The van der Waals surface area contributed by atoms with Crippen LogP contribution in [0.25, 0.3) is 0 Å². The molecule has 2 N–H and O–H groups in total. The van der Waals surface area contributed by atoms with E-state index in [1.807, 2.05) is 0 Å². The lowest BCUT2D eigenvalue weighted by molar-refractivity contribution is 0.475. The summed E-state index contributed by atoms with van der Waals surface area (Å²) in [4.78, 5) is 0. The summed E-state index contributed by atoms with van der Waals surface area (Å²) < 4.78 is 2.33. The van der Waals surface area contributed by atoms with E-state index in [2.05, 4.69) is 28.6 Å². The molecule has 2 atom stereocenters. The van der Waals surface area contributed by atoms with E-state index in [1.54, 1.807) is 0 Å². The van der Waals surface area contributed by atoms with E-state index in [0.29, 0.717) is 12.0 Å². The molecule has 0 aliphatic carbocycles. The first kappa shape index (κ1) is 12.6. The fraction of sp³-hybridized carbons (Fsp3) is 0.846. The lowest BCUT2D eigenvalue weighted by Crippen LogP contribution is -2.16. The van der Waals surface area contributed by atoms with Crippen LogP contribution in [0.5, 0.6) is 0 Å².